The van der Waals surface area contributed by atoms with E-state index in [-0.39, 0.29) is 137 Å². The Morgan fingerprint density at radius 3 is 1.76 bits per heavy atom. The summed E-state index contributed by atoms with van der Waals surface area (Å²) in [7, 11) is -27.5. The Kier molecular flexibility index (Phi) is 19.2. The summed E-state index contributed by atoms with van der Waals surface area (Å²) in [5.41, 5.74) is -1.22. The molecule has 5 aromatic carbocycles. The third-order valence-electron chi connectivity index (χ3n) is 15.3. The van der Waals surface area contributed by atoms with Crippen molar-refractivity contribution in [1.82, 2.24) is 5.06 Å². The van der Waals surface area contributed by atoms with Crippen molar-refractivity contribution < 1.29 is 111 Å². The van der Waals surface area contributed by atoms with Gasteiger partial charge < -0.3 is 23.8 Å². The normalized spacial score (nSPS) is 19.0. The highest BCUT2D eigenvalue weighted by atomic mass is 32.2. The molecule has 3 aliphatic rings. The molecule has 33 heteroatoms. The molecule has 476 valence electrons. The zero-order valence-corrected chi connectivity index (χ0v) is 52.4. The molecular formula is C56H57N3O24S6. The number of fused-ring (bicyclic) bond motifs is 6. The first-order chi connectivity index (χ1) is 41.3. The Hall–Kier alpha value is -7.14. The van der Waals surface area contributed by atoms with Gasteiger partial charge in [-0.3, -0.25) is 32.4 Å². The maximum absolute atomic E-state index is 13.1. The van der Waals surface area contributed by atoms with Crippen LogP contribution in [0.2, 0.25) is 0 Å². The first-order valence-electron chi connectivity index (χ1n) is 26.5. The van der Waals surface area contributed by atoms with E-state index in [1.165, 1.54) is 87.1 Å². The Morgan fingerprint density at radius 1 is 0.674 bits per heavy atom. The molecule has 1 saturated heterocycles. The zero-order valence-electron chi connectivity index (χ0n) is 47.5. The molecule has 0 aliphatic carbocycles. The van der Waals surface area contributed by atoms with Crippen molar-refractivity contribution in [2.75, 3.05) is 56.9 Å². The number of rotatable bonds is 23. The third-order valence-corrected chi connectivity index (χ3v) is 20.4. The summed E-state index contributed by atoms with van der Waals surface area (Å²) >= 11 is 0. The number of amides is 2. The van der Waals surface area contributed by atoms with Gasteiger partial charge in [-0.15, -0.1) is 5.06 Å². The van der Waals surface area contributed by atoms with Crippen LogP contribution in [-0.2, 0) is 95.4 Å². The van der Waals surface area contributed by atoms with Crippen molar-refractivity contribution in [3.8, 4) is 11.8 Å². The second kappa shape index (κ2) is 25.3. The molecule has 3 heterocycles. The molecule has 2 unspecified atom stereocenters. The summed E-state index contributed by atoms with van der Waals surface area (Å²) in [4.78, 5) is 40.3. The largest absolute Gasteiger partial charge is 0.744 e. The van der Waals surface area contributed by atoms with Gasteiger partial charge in [-0.2, -0.15) is 46.7 Å². The fourth-order valence-corrected chi connectivity index (χ4v) is 14.9. The standard InChI is InChI=1S/C56H57N3O24S6/c1-55(23-27-81-3)48(57(25-5-29-84(63,64)65)44-17-15-40-42(52(44)55)31-38(86(69,70)71)33-46(40)88(75,76)77)19-11-36(8-7-35-9-13-37(14-10-35)54(62)83-59-50(60)21-22-51(59)61)12-20-49-56(2,24-28-82-4)53-43-32-39(87(72,73)74)34-47(89(78,79)80)41(43)16-18-45(53)58(49)26-6-30-85(66,67)68/h9-20,31-34H,5-6,21-30H2,1-4H3,(H5-,63,64,65,66,67,68,69,70,71,72,73,74,75,76,77,78,79,80). The molecule has 0 radical (unpaired) electrons. The van der Waals surface area contributed by atoms with Gasteiger partial charge in [0.1, 0.15) is 26.5 Å². The smallest absolute Gasteiger partial charge is 0.363 e. The summed E-state index contributed by atoms with van der Waals surface area (Å²) in [6.45, 7) is 2.80. The average Bonchev–Trinajstić information content (AvgIpc) is 1.61. The predicted octanol–water partition coefficient (Wildman–Crippen LogP) is 5.04. The number of carbonyl (C=O) groups excluding carboxylic acids is 3. The van der Waals surface area contributed by atoms with Crippen LogP contribution in [0.25, 0.3) is 21.5 Å². The van der Waals surface area contributed by atoms with Crippen LogP contribution in [0.5, 0.6) is 0 Å². The molecule has 5 aromatic rings. The summed E-state index contributed by atoms with van der Waals surface area (Å²) < 4.78 is 228. The number of nitrogens with zero attached hydrogens (tertiary/aromatic N) is 3. The van der Waals surface area contributed by atoms with E-state index in [9.17, 15) is 92.2 Å². The second-order valence-electron chi connectivity index (χ2n) is 21.2. The quantitative estimate of drug-likeness (QED) is 0.0188. The molecule has 5 N–H and O–H groups in total. The van der Waals surface area contributed by atoms with Gasteiger partial charge in [-0.25, -0.2) is 13.2 Å². The van der Waals surface area contributed by atoms with Crippen LogP contribution in [0.4, 0.5) is 11.4 Å². The number of imide groups is 1. The lowest BCUT2D eigenvalue weighted by Gasteiger charge is -2.30. The van der Waals surface area contributed by atoms with Gasteiger partial charge in [0.15, 0.2) is 5.71 Å². The topological polar surface area (TPSA) is 417 Å². The number of methoxy groups -OCH3 is 2. The minimum absolute atomic E-state index is 0.00226. The number of benzene rings is 5. The minimum Gasteiger partial charge on any atom is -0.744 e. The fraction of sp³-hybridized carbons (Fsp3) is 0.321. The predicted molar refractivity (Wildman–Crippen MR) is 317 cm³/mol. The van der Waals surface area contributed by atoms with Crippen LogP contribution in [0.3, 0.4) is 0 Å². The maximum atomic E-state index is 13.1. The van der Waals surface area contributed by atoms with E-state index >= 15 is 0 Å². The zero-order chi connectivity index (χ0) is 65.6. The molecule has 2 atom stereocenters. The summed E-state index contributed by atoms with van der Waals surface area (Å²) in [5, 5.41) is -0.270. The van der Waals surface area contributed by atoms with Gasteiger partial charge in [0.25, 0.3) is 62.4 Å². The van der Waals surface area contributed by atoms with E-state index in [1.807, 2.05) is 0 Å². The second-order valence-corrected chi connectivity index (χ2v) is 30.0. The van der Waals surface area contributed by atoms with Gasteiger partial charge in [-0.1, -0.05) is 17.9 Å². The summed E-state index contributed by atoms with van der Waals surface area (Å²) in [6, 6.07) is 13.8. The Labute approximate surface area is 512 Å². The summed E-state index contributed by atoms with van der Waals surface area (Å²) in [6.07, 6.45) is 5.19. The van der Waals surface area contributed by atoms with E-state index in [0.29, 0.717) is 17.2 Å². The molecule has 8 rings (SSSR count). The highest BCUT2D eigenvalue weighted by molar-refractivity contribution is 7.87. The van der Waals surface area contributed by atoms with Crippen molar-refractivity contribution in [3.63, 3.8) is 0 Å². The first kappa shape index (κ1) is 67.8. The lowest BCUT2D eigenvalue weighted by Crippen LogP contribution is -2.33. The van der Waals surface area contributed by atoms with E-state index in [1.54, 1.807) is 23.3 Å². The Balaban J connectivity index is 1.41. The lowest BCUT2D eigenvalue weighted by molar-refractivity contribution is -0.437. The molecule has 0 spiro atoms. The summed E-state index contributed by atoms with van der Waals surface area (Å²) in [5.74, 6) is 2.02. The van der Waals surface area contributed by atoms with E-state index < -0.39 is 120 Å². The lowest BCUT2D eigenvalue weighted by atomic mass is 9.74. The van der Waals surface area contributed by atoms with Gasteiger partial charge >= 0.3 is 5.97 Å². The van der Waals surface area contributed by atoms with Crippen LogP contribution in [0.1, 0.15) is 79.4 Å². The number of hydrogen-bond donors (Lipinski definition) is 5. The van der Waals surface area contributed by atoms with Gasteiger partial charge in [0, 0.05) is 110 Å². The third kappa shape index (κ3) is 14.7. The highest BCUT2D eigenvalue weighted by Gasteiger charge is 2.50. The van der Waals surface area contributed by atoms with Crippen LogP contribution in [0, 0.1) is 11.8 Å². The monoisotopic (exact) mass is 1350 g/mol. The molecular weight excluding hydrogens is 1290 g/mol. The SMILES string of the molecule is COCCC1(C)C(/C=C/C(C#Cc2ccc(C(=O)ON3C(=O)CCC3=O)cc2)=C/C=C2/N(CCCS(=O)(=O)O)c3ccc4c(S(=O)(=O)O)cc(S(=O)(=O)[O-])cc4c3C2(C)CCOC)=[N+](CCCS(=O)(=O)O)c2ccc3c(S(=O)(=O)O)cc(S(=O)(=O)O)cc3c21. The molecule has 3 aliphatic heterocycles. The number of allylic oxidation sites excluding steroid dienone is 6. The fourth-order valence-electron chi connectivity index (χ4n) is 11.2. The van der Waals surface area contributed by atoms with Gasteiger partial charge in [0.2, 0.25) is 5.69 Å². The minimum atomic E-state index is -5.43. The van der Waals surface area contributed by atoms with Gasteiger partial charge in [-0.05, 0) is 128 Å². The number of carbonyl (C=O) groups is 3. The molecule has 0 saturated carbocycles. The number of hydroxylamine groups is 2. The van der Waals surface area contributed by atoms with Crippen molar-refractivity contribution in [2.24, 2.45) is 0 Å². The average molecular weight is 1350 g/mol. The molecule has 0 aromatic heterocycles. The number of hydrogen-bond acceptors (Lipinski definition) is 20. The van der Waals surface area contributed by atoms with Crippen LogP contribution in [0.15, 0.2) is 128 Å². The van der Waals surface area contributed by atoms with E-state index in [2.05, 4.69) is 11.8 Å². The Morgan fingerprint density at radius 2 is 1.21 bits per heavy atom. The highest BCUT2D eigenvalue weighted by Crippen LogP contribution is 2.54. The molecule has 0 bridgehead atoms. The van der Waals surface area contributed by atoms with Crippen molar-refractivity contribution in [1.29, 1.82) is 0 Å². The first-order valence-corrected chi connectivity index (χ1v) is 35.5. The molecule has 27 nitrogen and oxygen atoms in total. The molecule has 1 fully saturated rings. The van der Waals surface area contributed by atoms with E-state index in [4.69, 9.17) is 14.3 Å². The molecule has 2 amide bonds. The van der Waals surface area contributed by atoms with Crippen LogP contribution in [-0.4, -0.2) is 163 Å². The van der Waals surface area contributed by atoms with Crippen LogP contribution < -0.4 is 4.90 Å². The van der Waals surface area contributed by atoms with Crippen molar-refractivity contribution in [3.05, 3.63) is 131 Å². The maximum Gasteiger partial charge on any atom is 0.363 e. The van der Waals surface area contributed by atoms with E-state index in [0.717, 1.165) is 12.1 Å². The Bertz CT molecular complexity index is 4710. The molecule has 89 heavy (non-hydrogen) atoms. The number of ether oxygens (including phenoxy) is 2. The number of anilines is 1. The van der Waals surface area contributed by atoms with Gasteiger partial charge in [0.05, 0.1) is 32.3 Å². The van der Waals surface area contributed by atoms with Crippen molar-refractivity contribution in [2.45, 2.75) is 82.8 Å². The van der Waals surface area contributed by atoms with Crippen molar-refractivity contribution >= 4 is 117 Å². The van der Waals surface area contributed by atoms with Crippen LogP contribution >= 0.6 is 0 Å².